The number of halogens is 2. The van der Waals surface area contributed by atoms with Crippen molar-refractivity contribution < 1.29 is 13.6 Å². The molecule has 7 nitrogen and oxygen atoms in total. The normalized spacial score (nSPS) is 11.1. The van der Waals surface area contributed by atoms with Crippen LogP contribution in [-0.4, -0.2) is 37.3 Å². The Morgan fingerprint density at radius 2 is 1.97 bits per heavy atom. The monoisotopic (exact) mass is 402 g/mol. The number of imidazole rings is 1. The standard InChI is InChI=1S/C20H24F2N6O/c1-14-17(15(2)28(25-14)12-16-7-5-4-6-8-16)11-24-20(29)26(3)13-18-23-9-10-27(18)19(21)22/h4-10,19H,11-13H2,1-3H3,(H,24,29). The number of rotatable bonds is 7. The molecule has 0 aliphatic heterocycles. The van der Waals surface area contributed by atoms with Gasteiger partial charge in [0, 0.05) is 37.2 Å². The maximum Gasteiger partial charge on any atom is 0.319 e. The summed E-state index contributed by atoms with van der Waals surface area (Å²) in [5.74, 6) is 0.126. The molecule has 0 spiro atoms. The Morgan fingerprint density at radius 3 is 2.66 bits per heavy atom. The van der Waals surface area contributed by atoms with Gasteiger partial charge in [-0.25, -0.2) is 9.78 Å². The summed E-state index contributed by atoms with van der Waals surface area (Å²) in [6.07, 6.45) is 2.49. The Morgan fingerprint density at radius 1 is 1.24 bits per heavy atom. The van der Waals surface area contributed by atoms with Gasteiger partial charge in [-0.2, -0.15) is 13.9 Å². The highest BCUT2D eigenvalue weighted by atomic mass is 19.3. The molecule has 3 aromatic rings. The molecule has 0 fully saturated rings. The van der Waals surface area contributed by atoms with E-state index in [0.29, 0.717) is 13.1 Å². The molecule has 0 aliphatic rings. The van der Waals surface area contributed by atoms with Gasteiger partial charge in [0.05, 0.1) is 18.8 Å². The van der Waals surface area contributed by atoms with Crippen molar-refractivity contribution in [2.75, 3.05) is 7.05 Å². The molecule has 29 heavy (non-hydrogen) atoms. The summed E-state index contributed by atoms with van der Waals surface area (Å²) in [7, 11) is 1.54. The third kappa shape index (κ3) is 4.79. The Bertz CT molecular complexity index is 967. The van der Waals surface area contributed by atoms with Crippen LogP contribution < -0.4 is 5.32 Å². The number of hydrogen-bond donors (Lipinski definition) is 1. The lowest BCUT2D eigenvalue weighted by Gasteiger charge is -2.18. The van der Waals surface area contributed by atoms with Crippen LogP contribution in [0.1, 0.15) is 34.9 Å². The third-order valence-electron chi connectivity index (χ3n) is 4.81. The van der Waals surface area contributed by atoms with Crippen LogP contribution in [0.5, 0.6) is 0 Å². The molecule has 0 aliphatic carbocycles. The number of amides is 2. The van der Waals surface area contributed by atoms with E-state index in [9.17, 15) is 13.6 Å². The molecule has 2 amide bonds. The van der Waals surface area contributed by atoms with Gasteiger partial charge in [0.15, 0.2) is 0 Å². The molecule has 2 heterocycles. The van der Waals surface area contributed by atoms with Gasteiger partial charge in [0.2, 0.25) is 0 Å². The van der Waals surface area contributed by atoms with Crippen LogP contribution in [0, 0.1) is 13.8 Å². The van der Waals surface area contributed by atoms with E-state index < -0.39 is 6.55 Å². The Kier molecular flexibility index (Phi) is 6.26. The number of hydrogen-bond acceptors (Lipinski definition) is 3. The molecular formula is C20H24F2N6O. The summed E-state index contributed by atoms with van der Waals surface area (Å²) >= 11 is 0. The zero-order valence-electron chi connectivity index (χ0n) is 16.6. The van der Waals surface area contributed by atoms with E-state index in [1.165, 1.54) is 17.3 Å². The van der Waals surface area contributed by atoms with Crippen LogP contribution in [0.2, 0.25) is 0 Å². The van der Waals surface area contributed by atoms with E-state index in [2.05, 4.69) is 15.4 Å². The van der Waals surface area contributed by atoms with Crippen LogP contribution in [0.25, 0.3) is 0 Å². The Balaban J connectivity index is 1.62. The number of urea groups is 1. The summed E-state index contributed by atoms with van der Waals surface area (Å²) in [5.41, 5.74) is 3.90. The van der Waals surface area contributed by atoms with Crippen LogP contribution in [0.15, 0.2) is 42.7 Å². The van der Waals surface area contributed by atoms with Gasteiger partial charge in [-0.15, -0.1) is 0 Å². The van der Waals surface area contributed by atoms with Crippen LogP contribution in [-0.2, 0) is 19.6 Å². The molecule has 0 unspecified atom stereocenters. The number of carbonyl (C=O) groups is 1. The first-order valence-electron chi connectivity index (χ1n) is 9.22. The number of nitrogens with one attached hydrogen (secondary N) is 1. The summed E-state index contributed by atoms with van der Waals surface area (Å²) < 4.78 is 28.5. The smallest absolute Gasteiger partial charge is 0.319 e. The molecule has 3 rings (SSSR count). The maximum atomic E-state index is 12.9. The molecule has 0 saturated heterocycles. The summed E-state index contributed by atoms with van der Waals surface area (Å²) in [4.78, 5) is 17.6. The van der Waals surface area contributed by atoms with E-state index >= 15 is 0 Å². The average molecular weight is 402 g/mol. The van der Waals surface area contributed by atoms with Gasteiger partial charge in [-0.05, 0) is 19.4 Å². The SMILES string of the molecule is Cc1nn(Cc2ccccc2)c(C)c1CNC(=O)N(C)Cc1nccn1C(F)F. The van der Waals surface area contributed by atoms with Crippen LogP contribution >= 0.6 is 0 Å². The summed E-state index contributed by atoms with van der Waals surface area (Å²) in [6, 6.07) is 9.64. The van der Waals surface area contributed by atoms with Crippen molar-refractivity contribution in [3.63, 3.8) is 0 Å². The first-order chi connectivity index (χ1) is 13.9. The molecule has 0 saturated carbocycles. The minimum absolute atomic E-state index is 0.0194. The minimum Gasteiger partial charge on any atom is -0.334 e. The average Bonchev–Trinajstić information content (AvgIpc) is 3.25. The quantitative estimate of drug-likeness (QED) is 0.658. The fraction of sp³-hybridized carbons (Fsp3) is 0.350. The van der Waals surface area contributed by atoms with Crippen molar-refractivity contribution in [3.05, 3.63) is 71.1 Å². The zero-order valence-corrected chi connectivity index (χ0v) is 16.6. The highest BCUT2D eigenvalue weighted by Crippen LogP contribution is 2.16. The number of aryl methyl sites for hydroxylation is 1. The van der Waals surface area contributed by atoms with Crippen molar-refractivity contribution in [1.29, 1.82) is 0 Å². The first kappa shape index (κ1) is 20.5. The van der Waals surface area contributed by atoms with Crippen molar-refractivity contribution in [1.82, 2.24) is 29.5 Å². The van der Waals surface area contributed by atoms with Gasteiger partial charge >= 0.3 is 12.6 Å². The van der Waals surface area contributed by atoms with Gasteiger partial charge in [-0.1, -0.05) is 30.3 Å². The fourth-order valence-corrected chi connectivity index (χ4v) is 3.13. The van der Waals surface area contributed by atoms with E-state index in [1.807, 2.05) is 48.9 Å². The second-order valence-electron chi connectivity index (χ2n) is 6.84. The number of alkyl halides is 2. The zero-order chi connectivity index (χ0) is 21.0. The molecular weight excluding hydrogens is 378 g/mol. The molecule has 154 valence electrons. The Labute approximate surface area is 168 Å². The lowest BCUT2D eigenvalue weighted by Crippen LogP contribution is -2.37. The molecule has 2 aromatic heterocycles. The molecule has 9 heteroatoms. The van der Waals surface area contributed by atoms with E-state index in [1.54, 1.807) is 7.05 Å². The second-order valence-corrected chi connectivity index (χ2v) is 6.84. The van der Waals surface area contributed by atoms with E-state index in [4.69, 9.17) is 0 Å². The predicted octanol–water partition coefficient (Wildman–Crippen LogP) is 3.48. The highest BCUT2D eigenvalue weighted by molar-refractivity contribution is 5.73. The topological polar surface area (TPSA) is 68.0 Å². The maximum absolute atomic E-state index is 12.9. The van der Waals surface area contributed by atoms with Gasteiger partial charge in [0.1, 0.15) is 5.82 Å². The lowest BCUT2D eigenvalue weighted by molar-refractivity contribution is 0.0651. The second kappa shape index (κ2) is 8.85. The molecule has 0 atom stereocenters. The largest absolute Gasteiger partial charge is 0.334 e. The number of benzene rings is 1. The first-order valence-corrected chi connectivity index (χ1v) is 9.22. The molecule has 0 bridgehead atoms. The van der Waals surface area contributed by atoms with Gasteiger partial charge in [-0.3, -0.25) is 9.25 Å². The minimum atomic E-state index is -2.69. The van der Waals surface area contributed by atoms with Gasteiger partial charge in [0.25, 0.3) is 0 Å². The van der Waals surface area contributed by atoms with Crippen molar-refractivity contribution in [2.24, 2.45) is 0 Å². The summed E-state index contributed by atoms with van der Waals surface area (Å²) in [5, 5.41) is 7.40. The fourth-order valence-electron chi connectivity index (χ4n) is 3.13. The van der Waals surface area contributed by atoms with Crippen molar-refractivity contribution in [2.45, 2.75) is 40.0 Å². The summed E-state index contributed by atoms with van der Waals surface area (Å²) in [6.45, 7) is 2.11. The van der Waals surface area contributed by atoms with Crippen molar-refractivity contribution >= 4 is 6.03 Å². The van der Waals surface area contributed by atoms with E-state index in [0.717, 1.165) is 27.1 Å². The molecule has 1 N–H and O–H groups in total. The van der Waals surface area contributed by atoms with Crippen LogP contribution in [0.4, 0.5) is 13.6 Å². The van der Waals surface area contributed by atoms with E-state index in [-0.39, 0.29) is 18.4 Å². The lowest BCUT2D eigenvalue weighted by atomic mass is 10.2. The number of carbonyl (C=O) groups excluding carboxylic acids is 1. The molecule has 1 aromatic carbocycles. The molecule has 0 radical (unpaired) electrons. The third-order valence-corrected chi connectivity index (χ3v) is 4.81. The highest BCUT2D eigenvalue weighted by Gasteiger charge is 2.17. The Hall–Kier alpha value is -3.23. The predicted molar refractivity (Wildman–Crippen MR) is 104 cm³/mol. The van der Waals surface area contributed by atoms with Gasteiger partial charge < -0.3 is 10.2 Å². The van der Waals surface area contributed by atoms with Crippen LogP contribution in [0.3, 0.4) is 0 Å². The number of aromatic nitrogens is 4. The number of nitrogens with zero attached hydrogens (tertiary/aromatic N) is 5. The van der Waals surface area contributed by atoms with Crippen molar-refractivity contribution in [3.8, 4) is 0 Å².